The Morgan fingerprint density at radius 1 is 1.09 bits per heavy atom. The monoisotopic (exact) mass is 326 g/mol. The van der Waals surface area contributed by atoms with Crippen molar-refractivity contribution >= 4 is 10.0 Å². The normalized spacial score (nSPS) is 18.7. The van der Waals surface area contributed by atoms with Crippen molar-refractivity contribution in [2.45, 2.75) is 30.2 Å². The zero-order valence-electron chi connectivity index (χ0n) is 12.7. The Labute approximate surface area is 137 Å². The van der Waals surface area contributed by atoms with Crippen molar-refractivity contribution < 1.29 is 8.42 Å². The summed E-state index contributed by atoms with van der Waals surface area (Å²) in [5, 5.41) is 9.19. The Morgan fingerprint density at radius 2 is 1.78 bits per heavy atom. The van der Waals surface area contributed by atoms with Crippen molar-refractivity contribution in [3.05, 3.63) is 65.7 Å². The molecule has 1 fully saturated rings. The van der Waals surface area contributed by atoms with Crippen LogP contribution in [0.4, 0.5) is 0 Å². The summed E-state index contributed by atoms with van der Waals surface area (Å²) in [4.78, 5) is 0.113. The van der Waals surface area contributed by atoms with Gasteiger partial charge in [0.05, 0.1) is 10.5 Å². The number of hydrogen-bond acceptors (Lipinski definition) is 3. The number of rotatable bonds is 4. The van der Waals surface area contributed by atoms with Gasteiger partial charge in [-0.15, -0.1) is 0 Å². The van der Waals surface area contributed by atoms with Crippen molar-refractivity contribution in [2.24, 2.45) is 0 Å². The first kappa shape index (κ1) is 15.7. The van der Waals surface area contributed by atoms with E-state index in [1.54, 1.807) is 22.5 Å². The van der Waals surface area contributed by atoms with E-state index in [-0.39, 0.29) is 16.5 Å². The van der Waals surface area contributed by atoms with Crippen molar-refractivity contribution in [3.63, 3.8) is 0 Å². The largest absolute Gasteiger partial charge is 0.244 e. The van der Waals surface area contributed by atoms with Gasteiger partial charge in [-0.3, -0.25) is 0 Å². The summed E-state index contributed by atoms with van der Waals surface area (Å²) in [6.45, 7) is 0.513. The smallest absolute Gasteiger partial charge is 0.207 e. The molecule has 23 heavy (non-hydrogen) atoms. The van der Waals surface area contributed by atoms with E-state index in [0.717, 1.165) is 18.4 Å². The van der Waals surface area contributed by atoms with Gasteiger partial charge in [0.25, 0.3) is 0 Å². The van der Waals surface area contributed by atoms with Crippen LogP contribution in [0.3, 0.4) is 0 Å². The molecular weight excluding hydrogens is 308 g/mol. The maximum atomic E-state index is 13.0. The SMILES string of the molecule is N#Cc1ccccc1S(=O)(=O)N1CCC[C@@H]1Cc1ccccc1. The molecule has 0 radical (unpaired) electrons. The average molecular weight is 326 g/mol. The Kier molecular flexibility index (Phi) is 4.46. The van der Waals surface area contributed by atoms with E-state index < -0.39 is 10.0 Å². The van der Waals surface area contributed by atoms with Crippen LogP contribution in [0.25, 0.3) is 0 Å². The third-order valence-electron chi connectivity index (χ3n) is 4.23. The summed E-state index contributed by atoms with van der Waals surface area (Å²) in [6, 6.07) is 18.3. The highest BCUT2D eigenvalue weighted by atomic mass is 32.2. The lowest BCUT2D eigenvalue weighted by Gasteiger charge is -2.24. The van der Waals surface area contributed by atoms with E-state index >= 15 is 0 Å². The van der Waals surface area contributed by atoms with Gasteiger partial charge in [-0.25, -0.2) is 8.42 Å². The van der Waals surface area contributed by atoms with Crippen LogP contribution in [-0.2, 0) is 16.4 Å². The standard InChI is InChI=1S/C18H18N2O2S/c19-14-16-9-4-5-11-18(16)23(21,22)20-12-6-10-17(20)13-15-7-2-1-3-8-15/h1-5,7-9,11,17H,6,10,12-13H2/t17-/m1/s1. The van der Waals surface area contributed by atoms with Gasteiger partial charge in [0.1, 0.15) is 6.07 Å². The molecule has 2 aromatic carbocycles. The second kappa shape index (κ2) is 6.53. The van der Waals surface area contributed by atoms with Gasteiger partial charge in [0.2, 0.25) is 10.0 Å². The molecule has 5 heteroatoms. The fraction of sp³-hybridized carbons (Fsp3) is 0.278. The molecule has 1 aliphatic heterocycles. The third-order valence-corrected chi connectivity index (χ3v) is 6.24. The molecule has 0 saturated carbocycles. The van der Waals surface area contributed by atoms with Crippen LogP contribution in [0.1, 0.15) is 24.0 Å². The Morgan fingerprint density at radius 3 is 2.52 bits per heavy atom. The summed E-state index contributed by atoms with van der Waals surface area (Å²) < 4.78 is 27.5. The van der Waals surface area contributed by atoms with Crippen LogP contribution < -0.4 is 0 Å². The number of hydrogen-bond donors (Lipinski definition) is 0. The zero-order valence-corrected chi connectivity index (χ0v) is 13.5. The van der Waals surface area contributed by atoms with Crippen LogP contribution in [0.2, 0.25) is 0 Å². The number of nitrogens with zero attached hydrogens (tertiary/aromatic N) is 2. The van der Waals surface area contributed by atoms with E-state index in [1.165, 1.54) is 6.07 Å². The van der Waals surface area contributed by atoms with Crippen molar-refractivity contribution in [2.75, 3.05) is 6.54 Å². The van der Waals surface area contributed by atoms with Crippen LogP contribution >= 0.6 is 0 Å². The highest BCUT2D eigenvalue weighted by Crippen LogP contribution is 2.29. The first-order valence-electron chi connectivity index (χ1n) is 7.68. The second-order valence-corrected chi connectivity index (χ2v) is 7.57. The van der Waals surface area contributed by atoms with Crippen molar-refractivity contribution in [1.82, 2.24) is 4.31 Å². The van der Waals surface area contributed by atoms with Gasteiger partial charge in [-0.1, -0.05) is 42.5 Å². The zero-order chi connectivity index (χ0) is 16.3. The molecule has 0 unspecified atom stereocenters. The quantitative estimate of drug-likeness (QED) is 0.868. The molecule has 3 rings (SSSR count). The lowest BCUT2D eigenvalue weighted by molar-refractivity contribution is 0.385. The van der Waals surface area contributed by atoms with E-state index in [1.807, 2.05) is 36.4 Å². The van der Waals surface area contributed by atoms with Crippen LogP contribution in [0.15, 0.2) is 59.5 Å². The fourth-order valence-corrected chi connectivity index (χ4v) is 4.96. The molecule has 1 atom stereocenters. The molecule has 4 nitrogen and oxygen atoms in total. The maximum Gasteiger partial charge on any atom is 0.244 e. The van der Waals surface area contributed by atoms with Crippen LogP contribution in [0, 0.1) is 11.3 Å². The summed E-state index contributed by atoms with van der Waals surface area (Å²) in [5.74, 6) is 0. The minimum atomic E-state index is -3.64. The van der Waals surface area contributed by atoms with Gasteiger partial charge in [-0.05, 0) is 37.0 Å². The van der Waals surface area contributed by atoms with E-state index in [2.05, 4.69) is 0 Å². The molecule has 1 saturated heterocycles. The van der Waals surface area contributed by atoms with Gasteiger partial charge in [-0.2, -0.15) is 9.57 Å². The predicted octanol–water partition coefficient (Wildman–Crippen LogP) is 2.95. The molecule has 1 heterocycles. The van der Waals surface area contributed by atoms with Crippen LogP contribution in [-0.4, -0.2) is 25.3 Å². The molecule has 0 aliphatic carbocycles. The molecule has 2 aromatic rings. The molecule has 0 bridgehead atoms. The number of nitriles is 1. The molecule has 0 N–H and O–H groups in total. The minimum absolute atomic E-state index is 0.0471. The van der Waals surface area contributed by atoms with Gasteiger partial charge < -0.3 is 0 Å². The van der Waals surface area contributed by atoms with E-state index in [9.17, 15) is 13.7 Å². The molecule has 118 valence electrons. The second-order valence-electron chi connectivity index (χ2n) is 5.71. The maximum absolute atomic E-state index is 13.0. The number of benzene rings is 2. The van der Waals surface area contributed by atoms with Crippen molar-refractivity contribution in [1.29, 1.82) is 5.26 Å². The lowest BCUT2D eigenvalue weighted by atomic mass is 10.1. The first-order valence-corrected chi connectivity index (χ1v) is 9.12. The van der Waals surface area contributed by atoms with Gasteiger partial charge in [0, 0.05) is 12.6 Å². The minimum Gasteiger partial charge on any atom is -0.207 e. The van der Waals surface area contributed by atoms with Crippen LogP contribution in [0.5, 0.6) is 0 Å². The fourth-order valence-electron chi connectivity index (χ4n) is 3.13. The Bertz CT molecular complexity index is 826. The lowest BCUT2D eigenvalue weighted by Crippen LogP contribution is -2.37. The molecule has 0 aromatic heterocycles. The number of sulfonamides is 1. The summed E-state index contributed by atoms with van der Waals surface area (Å²) in [5.41, 5.74) is 1.34. The highest BCUT2D eigenvalue weighted by Gasteiger charge is 2.36. The Hall–Kier alpha value is -2.16. The third kappa shape index (κ3) is 3.14. The topological polar surface area (TPSA) is 61.2 Å². The van der Waals surface area contributed by atoms with Crippen molar-refractivity contribution in [3.8, 4) is 6.07 Å². The highest BCUT2D eigenvalue weighted by molar-refractivity contribution is 7.89. The van der Waals surface area contributed by atoms with Gasteiger partial charge >= 0.3 is 0 Å². The van der Waals surface area contributed by atoms with Gasteiger partial charge in [0.15, 0.2) is 0 Å². The summed E-state index contributed by atoms with van der Waals surface area (Å²) in [6.07, 6.45) is 2.41. The van der Waals surface area contributed by atoms with E-state index in [4.69, 9.17) is 0 Å². The molecule has 0 spiro atoms. The average Bonchev–Trinajstić information content (AvgIpc) is 3.04. The molecular formula is C18H18N2O2S. The molecule has 1 aliphatic rings. The summed E-state index contributed by atoms with van der Waals surface area (Å²) in [7, 11) is -3.64. The Balaban J connectivity index is 1.91. The summed E-state index contributed by atoms with van der Waals surface area (Å²) >= 11 is 0. The predicted molar refractivity (Wildman–Crippen MR) is 88.2 cm³/mol. The molecule has 0 amide bonds. The first-order chi connectivity index (χ1) is 11.1. The van der Waals surface area contributed by atoms with E-state index in [0.29, 0.717) is 13.0 Å².